The predicted molar refractivity (Wildman–Crippen MR) is 104 cm³/mol. The maximum atomic E-state index is 14.2. The molecule has 5 rings (SSSR count). The van der Waals surface area contributed by atoms with Crippen LogP contribution in [0.4, 0.5) is 15.9 Å². The van der Waals surface area contributed by atoms with Gasteiger partial charge in [0.05, 0.1) is 11.7 Å². The first-order valence-electron chi connectivity index (χ1n) is 9.36. The van der Waals surface area contributed by atoms with Crippen LogP contribution in [0.15, 0.2) is 36.8 Å². The van der Waals surface area contributed by atoms with Crippen molar-refractivity contribution in [2.24, 2.45) is 0 Å². The molecule has 0 N–H and O–H groups in total. The minimum Gasteiger partial charge on any atom is -0.363 e. The van der Waals surface area contributed by atoms with E-state index in [4.69, 9.17) is 4.98 Å². The monoisotopic (exact) mass is 377 g/mol. The number of nitrogens with zero attached hydrogens (tertiary/aromatic N) is 7. The molecule has 1 saturated heterocycles. The summed E-state index contributed by atoms with van der Waals surface area (Å²) in [6, 6.07) is 5.68. The molecule has 3 aromatic heterocycles. The first-order valence-corrected chi connectivity index (χ1v) is 9.36. The molecular formula is C20H20FN7. The zero-order chi connectivity index (χ0) is 19.3. The van der Waals surface area contributed by atoms with Gasteiger partial charge in [-0.25, -0.2) is 24.9 Å². The first kappa shape index (κ1) is 17.0. The Morgan fingerprint density at radius 1 is 1.04 bits per heavy atom. The standard InChI is InChI=1S/C20H20FN7/c1-27(2)18-10-13(9-17(21)26-18)28-12-4-5-16(28)14-11-24-20(25-15(14)8-12)19-22-6-3-7-23-19/h3,6-7,9-12,16H,4-5,8H2,1-2H3/t12-,16+/m0/s1. The third-order valence-electron chi connectivity index (χ3n) is 5.48. The summed E-state index contributed by atoms with van der Waals surface area (Å²) in [6.07, 6.45) is 8.11. The van der Waals surface area contributed by atoms with Crippen LogP contribution in [0.25, 0.3) is 11.6 Å². The number of hydrogen-bond acceptors (Lipinski definition) is 7. The van der Waals surface area contributed by atoms with Crippen LogP contribution in [0.3, 0.4) is 0 Å². The lowest BCUT2D eigenvalue weighted by Crippen LogP contribution is -2.38. The molecular weight excluding hydrogens is 357 g/mol. The van der Waals surface area contributed by atoms with E-state index >= 15 is 0 Å². The van der Waals surface area contributed by atoms with Gasteiger partial charge >= 0.3 is 0 Å². The average Bonchev–Trinajstić information content (AvgIpc) is 3.02. The highest BCUT2D eigenvalue weighted by molar-refractivity contribution is 5.59. The number of halogens is 1. The van der Waals surface area contributed by atoms with Gasteiger partial charge in [0, 0.05) is 68.5 Å². The Kier molecular flexibility index (Phi) is 3.92. The van der Waals surface area contributed by atoms with Crippen molar-refractivity contribution in [1.29, 1.82) is 0 Å². The molecule has 2 aliphatic rings. The maximum absolute atomic E-state index is 14.2. The molecule has 28 heavy (non-hydrogen) atoms. The molecule has 2 aliphatic heterocycles. The fourth-order valence-corrected chi connectivity index (χ4v) is 4.24. The van der Waals surface area contributed by atoms with Crippen LogP contribution < -0.4 is 9.80 Å². The van der Waals surface area contributed by atoms with E-state index in [0.29, 0.717) is 17.5 Å². The second-order valence-corrected chi connectivity index (χ2v) is 7.43. The number of aromatic nitrogens is 5. The van der Waals surface area contributed by atoms with Crippen molar-refractivity contribution in [3.63, 3.8) is 0 Å². The second-order valence-electron chi connectivity index (χ2n) is 7.43. The molecule has 2 atom stereocenters. The van der Waals surface area contributed by atoms with Gasteiger partial charge in [-0.15, -0.1) is 0 Å². The second kappa shape index (κ2) is 6.47. The fourth-order valence-electron chi connectivity index (χ4n) is 4.24. The summed E-state index contributed by atoms with van der Waals surface area (Å²) in [5, 5.41) is 0. The molecule has 7 nitrogen and oxygen atoms in total. The number of rotatable bonds is 3. The van der Waals surface area contributed by atoms with Crippen molar-refractivity contribution in [3.05, 3.63) is 54.0 Å². The van der Waals surface area contributed by atoms with Crippen molar-refractivity contribution in [2.45, 2.75) is 31.3 Å². The summed E-state index contributed by atoms with van der Waals surface area (Å²) >= 11 is 0. The predicted octanol–water partition coefficient (Wildman–Crippen LogP) is 2.80. The van der Waals surface area contributed by atoms with Gasteiger partial charge in [-0.05, 0) is 18.9 Å². The third kappa shape index (κ3) is 2.76. The van der Waals surface area contributed by atoms with Gasteiger partial charge in [0.2, 0.25) is 5.95 Å². The van der Waals surface area contributed by atoms with E-state index in [1.807, 2.05) is 31.3 Å². The average molecular weight is 377 g/mol. The smallest absolute Gasteiger partial charge is 0.216 e. The molecule has 0 aromatic carbocycles. The molecule has 142 valence electrons. The van der Waals surface area contributed by atoms with E-state index in [2.05, 4.69) is 24.8 Å². The minimum absolute atomic E-state index is 0.149. The van der Waals surface area contributed by atoms with Crippen LogP contribution in [0.2, 0.25) is 0 Å². The van der Waals surface area contributed by atoms with Crippen molar-refractivity contribution in [2.75, 3.05) is 23.9 Å². The topological polar surface area (TPSA) is 70.9 Å². The Labute approximate surface area is 162 Å². The fraction of sp³-hybridized carbons (Fsp3) is 0.350. The molecule has 0 radical (unpaired) electrons. The lowest BCUT2D eigenvalue weighted by molar-refractivity contribution is 0.565. The van der Waals surface area contributed by atoms with E-state index < -0.39 is 5.95 Å². The number of fused-ring (bicyclic) bond motifs is 4. The van der Waals surface area contributed by atoms with E-state index in [1.54, 1.807) is 18.5 Å². The molecule has 3 aromatic rings. The third-order valence-corrected chi connectivity index (χ3v) is 5.48. The van der Waals surface area contributed by atoms with Gasteiger partial charge in [0.1, 0.15) is 5.82 Å². The van der Waals surface area contributed by atoms with Crippen LogP contribution in [0, 0.1) is 5.95 Å². The van der Waals surface area contributed by atoms with E-state index in [0.717, 1.165) is 36.2 Å². The zero-order valence-corrected chi connectivity index (χ0v) is 15.7. The van der Waals surface area contributed by atoms with Gasteiger partial charge in [0.25, 0.3) is 0 Å². The number of hydrogen-bond donors (Lipinski definition) is 0. The largest absolute Gasteiger partial charge is 0.363 e. The summed E-state index contributed by atoms with van der Waals surface area (Å²) in [5.41, 5.74) is 3.02. The lowest BCUT2D eigenvalue weighted by Gasteiger charge is -2.37. The summed E-state index contributed by atoms with van der Waals surface area (Å²) in [7, 11) is 3.74. The molecule has 0 saturated carbocycles. The quantitative estimate of drug-likeness (QED) is 0.650. The molecule has 0 aliphatic carbocycles. The Hall–Kier alpha value is -3.16. The Bertz CT molecular complexity index is 1020. The van der Waals surface area contributed by atoms with Crippen molar-refractivity contribution in [3.8, 4) is 11.6 Å². The Balaban J connectivity index is 1.53. The highest BCUT2D eigenvalue weighted by Gasteiger charge is 2.41. The highest BCUT2D eigenvalue weighted by Crippen LogP contribution is 2.46. The molecule has 0 amide bonds. The summed E-state index contributed by atoms with van der Waals surface area (Å²) in [4.78, 5) is 25.9. The van der Waals surface area contributed by atoms with E-state index in [9.17, 15) is 4.39 Å². The summed E-state index contributed by atoms with van der Waals surface area (Å²) in [6.45, 7) is 0. The molecule has 1 fully saturated rings. The van der Waals surface area contributed by atoms with Crippen LogP contribution in [-0.2, 0) is 6.42 Å². The van der Waals surface area contributed by atoms with Gasteiger partial charge < -0.3 is 9.80 Å². The molecule has 2 bridgehead atoms. The normalized spacial score (nSPS) is 20.2. The van der Waals surface area contributed by atoms with Gasteiger partial charge in [-0.1, -0.05) is 0 Å². The Morgan fingerprint density at radius 3 is 2.64 bits per heavy atom. The van der Waals surface area contributed by atoms with Crippen LogP contribution in [-0.4, -0.2) is 45.1 Å². The van der Waals surface area contributed by atoms with Gasteiger partial charge in [-0.2, -0.15) is 4.39 Å². The first-order chi connectivity index (χ1) is 13.6. The maximum Gasteiger partial charge on any atom is 0.216 e. The molecule has 5 heterocycles. The summed E-state index contributed by atoms with van der Waals surface area (Å²) < 4.78 is 14.2. The molecule has 0 unspecified atom stereocenters. The van der Waals surface area contributed by atoms with Crippen LogP contribution in [0.1, 0.15) is 30.1 Å². The molecule has 8 heteroatoms. The minimum atomic E-state index is -0.459. The zero-order valence-electron chi connectivity index (χ0n) is 15.7. The van der Waals surface area contributed by atoms with Gasteiger partial charge in [-0.3, -0.25) is 0 Å². The summed E-state index contributed by atoms with van der Waals surface area (Å²) in [5.74, 6) is 1.25. The van der Waals surface area contributed by atoms with Crippen molar-refractivity contribution in [1.82, 2.24) is 24.9 Å². The number of anilines is 2. The van der Waals surface area contributed by atoms with Crippen molar-refractivity contribution < 1.29 is 4.39 Å². The van der Waals surface area contributed by atoms with E-state index in [1.165, 1.54) is 6.07 Å². The van der Waals surface area contributed by atoms with Crippen LogP contribution >= 0.6 is 0 Å². The Morgan fingerprint density at radius 2 is 1.86 bits per heavy atom. The van der Waals surface area contributed by atoms with E-state index in [-0.39, 0.29) is 12.1 Å². The number of pyridine rings is 1. The molecule has 0 spiro atoms. The van der Waals surface area contributed by atoms with Crippen molar-refractivity contribution >= 4 is 11.5 Å². The SMILES string of the molecule is CN(C)c1cc(N2[C@H]3CC[C@@H]2c2cnc(-c4ncccn4)nc2C3)cc(F)n1. The van der Waals surface area contributed by atoms with Crippen LogP contribution in [0.5, 0.6) is 0 Å². The lowest BCUT2D eigenvalue weighted by atomic mass is 9.98. The van der Waals surface area contributed by atoms with Gasteiger partial charge in [0.15, 0.2) is 11.6 Å². The highest BCUT2D eigenvalue weighted by atomic mass is 19.1.